The Morgan fingerprint density at radius 1 is 1.15 bits per heavy atom. The van der Waals surface area contributed by atoms with Crippen LogP contribution in [-0.2, 0) is 4.74 Å². The number of likely N-dealkylation sites (N-methyl/N-ethyl adjacent to an activating group) is 1. The molecule has 0 saturated carbocycles. The van der Waals surface area contributed by atoms with Gasteiger partial charge in [0.15, 0.2) is 0 Å². The van der Waals surface area contributed by atoms with Crippen molar-refractivity contribution in [3.05, 3.63) is 47.7 Å². The van der Waals surface area contributed by atoms with E-state index in [4.69, 9.17) is 4.74 Å². The fourth-order valence-electron chi connectivity index (χ4n) is 3.25. The number of hydrogen-bond donors (Lipinski definition) is 1. The van der Waals surface area contributed by atoms with Crippen LogP contribution in [0.5, 0.6) is 0 Å². The molecule has 2 aromatic rings. The first-order valence-corrected chi connectivity index (χ1v) is 9.59. The number of hydrogen-bond acceptors (Lipinski definition) is 6. The van der Waals surface area contributed by atoms with E-state index in [0.29, 0.717) is 18.0 Å². The number of rotatable bonds is 6. The Balaban J connectivity index is 1.65. The van der Waals surface area contributed by atoms with Crippen molar-refractivity contribution in [2.45, 2.75) is 20.8 Å². The standard InChI is InChI=1S/C21H28N4O2/c1-4-24-10-12-25(13-11-24)18-7-8-19(16(3)14-18)23-20-9-6-17(15-22-20)21(26)27-5-2/h6-9,14-15H,4-5,10-13H2,1-3H3,(H,22,23). The lowest BCUT2D eigenvalue weighted by Crippen LogP contribution is -2.46. The normalized spacial score (nSPS) is 14.9. The highest BCUT2D eigenvalue weighted by Crippen LogP contribution is 2.25. The molecule has 144 valence electrons. The number of anilines is 3. The molecule has 2 heterocycles. The maximum atomic E-state index is 11.7. The van der Waals surface area contributed by atoms with Gasteiger partial charge >= 0.3 is 5.97 Å². The number of carbonyl (C=O) groups excluding carboxylic acids is 1. The fourth-order valence-corrected chi connectivity index (χ4v) is 3.25. The molecule has 1 aromatic carbocycles. The zero-order chi connectivity index (χ0) is 19.2. The van der Waals surface area contributed by atoms with Crippen LogP contribution in [0.25, 0.3) is 0 Å². The number of aromatic nitrogens is 1. The first-order chi connectivity index (χ1) is 13.1. The van der Waals surface area contributed by atoms with Gasteiger partial charge in [-0.3, -0.25) is 0 Å². The number of nitrogens with zero attached hydrogens (tertiary/aromatic N) is 3. The number of ether oxygens (including phenoxy) is 1. The van der Waals surface area contributed by atoms with Crippen molar-refractivity contribution in [3.8, 4) is 0 Å². The summed E-state index contributed by atoms with van der Waals surface area (Å²) >= 11 is 0. The number of aryl methyl sites for hydroxylation is 1. The van der Waals surface area contributed by atoms with Crippen LogP contribution in [0.2, 0.25) is 0 Å². The van der Waals surface area contributed by atoms with Gasteiger partial charge in [-0.05, 0) is 56.3 Å². The molecule has 1 aromatic heterocycles. The van der Waals surface area contributed by atoms with Crippen LogP contribution >= 0.6 is 0 Å². The number of esters is 1. The van der Waals surface area contributed by atoms with Gasteiger partial charge in [-0.2, -0.15) is 0 Å². The van der Waals surface area contributed by atoms with Crippen LogP contribution in [0, 0.1) is 6.92 Å². The van der Waals surface area contributed by atoms with Crippen molar-refractivity contribution in [1.29, 1.82) is 0 Å². The van der Waals surface area contributed by atoms with Gasteiger partial charge < -0.3 is 19.9 Å². The molecule has 0 radical (unpaired) electrons. The topological polar surface area (TPSA) is 57.7 Å². The minimum Gasteiger partial charge on any atom is -0.462 e. The minimum absolute atomic E-state index is 0.347. The number of piperazine rings is 1. The van der Waals surface area contributed by atoms with E-state index in [-0.39, 0.29) is 5.97 Å². The second kappa shape index (κ2) is 8.86. The largest absolute Gasteiger partial charge is 0.462 e. The summed E-state index contributed by atoms with van der Waals surface area (Å²) in [5.74, 6) is 0.357. The van der Waals surface area contributed by atoms with Crippen LogP contribution in [0.3, 0.4) is 0 Å². The first-order valence-electron chi connectivity index (χ1n) is 9.59. The van der Waals surface area contributed by atoms with Gasteiger partial charge in [-0.15, -0.1) is 0 Å². The highest BCUT2D eigenvalue weighted by molar-refractivity contribution is 5.89. The molecule has 27 heavy (non-hydrogen) atoms. The molecule has 1 aliphatic heterocycles. The lowest BCUT2D eigenvalue weighted by molar-refractivity contribution is 0.0526. The molecule has 6 heteroatoms. The van der Waals surface area contributed by atoms with Gasteiger partial charge in [-0.1, -0.05) is 6.92 Å². The average molecular weight is 368 g/mol. The summed E-state index contributed by atoms with van der Waals surface area (Å²) in [7, 11) is 0. The monoisotopic (exact) mass is 368 g/mol. The summed E-state index contributed by atoms with van der Waals surface area (Å²) < 4.78 is 4.98. The molecule has 0 spiro atoms. The molecular weight excluding hydrogens is 340 g/mol. The van der Waals surface area contributed by atoms with Crippen LogP contribution < -0.4 is 10.2 Å². The second-order valence-corrected chi connectivity index (χ2v) is 6.70. The van der Waals surface area contributed by atoms with Gasteiger partial charge in [0.2, 0.25) is 0 Å². The molecule has 1 aliphatic rings. The summed E-state index contributed by atoms with van der Waals surface area (Å²) in [5, 5.41) is 3.33. The summed E-state index contributed by atoms with van der Waals surface area (Å²) in [4.78, 5) is 20.9. The molecular formula is C21H28N4O2. The van der Waals surface area contributed by atoms with Gasteiger partial charge in [0.25, 0.3) is 0 Å². The predicted octanol–water partition coefficient (Wildman–Crippen LogP) is 3.45. The molecule has 1 fully saturated rings. The van der Waals surface area contributed by atoms with Crippen LogP contribution in [-0.4, -0.2) is 55.2 Å². The number of carbonyl (C=O) groups is 1. The van der Waals surface area contributed by atoms with Crippen LogP contribution in [0.15, 0.2) is 36.5 Å². The minimum atomic E-state index is -0.347. The number of nitrogens with one attached hydrogen (secondary N) is 1. The van der Waals surface area contributed by atoms with Crippen molar-refractivity contribution in [2.24, 2.45) is 0 Å². The number of benzene rings is 1. The van der Waals surface area contributed by atoms with Gasteiger partial charge in [0.05, 0.1) is 12.2 Å². The van der Waals surface area contributed by atoms with Crippen molar-refractivity contribution < 1.29 is 9.53 Å². The van der Waals surface area contributed by atoms with E-state index in [0.717, 1.165) is 38.4 Å². The lowest BCUT2D eigenvalue weighted by atomic mass is 10.1. The van der Waals surface area contributed by atoms with Gasteiger partial charge in [0.1, 0.15) is 5.82 Å². The summed E-state index contributed by atoms with van der Waals surface area (Å²) in [6.45, 7) is 12.0. The Morgan fingerprint density at radius 3 is 2.52 bits per heavy atom. The third kappa shape index (κ3) is 4.77. The molecule has 1 saturated heterocycles. The maximum absolute atomic E-state index is 11.7. The molecule has 0 unspecified atom stereocenters. The molecule has 3 rings (SSSR count). The summed E-state index contributed by atoms with van der Waals surface area (Å²) in [6.07, 6.45) is 1.54. The van der Waals surface area contributed by atoms with Crippen LogP contribution in [0.4, 0.5) is 17.2 Å². The molecule has 6 nitrogen and oxygen atoms in total. The Morgan fingerprint density at radius 2 is 1.93 bits per heavy atom. The zero-order valence-corrected chi connectivity index (χ0v) is 16.4. The Hall–Kier alpha value is -2.60. The molecule has 0 bridgehead atoms. The Bertz CT molecular complexity index is 768. The van der Waals surface area contributed by atoms with Crippen LogP contribution in [0.1, 0.15) is 29.8 Å². The quantitative estimate of drug-likeness (QED) is 0.788. The van der Waals surface area contributed by atoms with E-state index in [1.165, 1.54) is 17.4 Å². The molecule has 0 aliphatic carbocycles. The third-order valence-corrected chi connectivity index (χ3v) is 4.93. The van der Waals surface area contributed by atoms with Crippen molar-refractivity contribution in [2.75, 3.05) is 49.5 Å². The fraction of sp³-hybridized carbons (Fsp3) is 0.429. The van der Waals surface area contributed by atoms with E-state index >= 15 is 0 Å². The van der Waals surface area contributed by atoms with E-state index < -0.39 is 0 Å². The second-order valence-electron chi connectivity index (χ2n) is 6.70. The summed E-state index contributed by atoms with van der Waals surface area (Å²) in [5.41, 5.74) is 3.91. The van der Waals surface area contributed by atoms with E-state index in [1.54, 1.807) is 19.1 Å². The molecule has 0 amide bonds. The summed E-state index contributed by atoms with van der Waals surface area (Å²) in [6, 6.07) is 9.99. The SMILES string of the molecule is CCOC(=O)c1ccc(Nc2ccc(N3CCN(CC)CC3)cc2C)nc1. The van der Waals surface area contributed by atoms with E-state index in [9.17, 15) is 4.79 Å². The lowest BCUT2D eigenvalue weighted by Gasteiger charge is -2.35. The zero-order valence-electron chi connectivity index (χ0n) is 16.4. The third-order valence-electron chi connectivity index (χ3n) is 4.93. The maximum Gasteiger partial charge on any atom is 0.339 e. The van der Waals surface area contributed by atoms with Crippen molar-refractivity contribution >= 4 is 23.2 Å². The predicted molar refractivity (Wildman–Crippen MR) is 109 cm³/mol. The first kappa shape index (κ1) is 19.2. The Labute approximate surface area is 161 Å². The smallest absolute Gasteiger partial charge is 0.339 e. The van der Waals surface area contributed by atoms with E-state index in [1.807, 2.05) is 0 Å². The van der Waals surface area contributed by atoms with E-state index in [2.05, 4.69) is 52.1 Å². The van der Waals surface area contributed by atoms with Crippen molar-refractivity contribution in [3.63, 3.8) is 0 Å². The van der Waals surface area contributed by atoms with Crippen molar-refractivity contribution in [1.82, 2.24) is 9.88 Å². The Kier molecular flexibility index (Phi) is 6.29. The van der Waals surface area contributed by atoms with Gasteiger partial charge in [0, 0.05) is 43.8 Å². The highest BCUT2D eigenvalue weighted by atomic mass is 16.5. The highest BCUT2D eigenvalue weighted by Gasteiger charge is 2.16. The number of pyridine rings is 1. The average Bonchev–Trinajstić information content (AvgIpc) is 2.70. The molecule has 0 atom stereocenters. The van der Waals surface area contributed by atoms with Gasteiger partial charge in [-0.25, -0.2) is 9.78 Å². The molecule has 1 N–H and O–H groups in total.